The zero-order valence-corrected chi connectivity index (χ0v) is 14.4. The molecule has 4 heteroatoms. The predicted molar refractivity (Wildman–Crippen MR) is 91.2 cm³/mol. The molecule has 1 N–H and O–H groups in total. The Hall–Kier alpha value is 0. The van der Waals surface area contributed by atoms with Crippen LogP contribution in [0.2, 0.25) is 0 Å². The lowest BCUT2D eigenvalue weighted by Gasteiger charge is -2.31. The summed E-state index contributed by atoms with van der Waals surface area (Å²) < 4.78 is 0. The molecule has 3 rings (SSSR count). The third-order valence-electron chi connectivity index (χ3n) is 5.02. The molecule has 0 amide bonds. The van der Waals surface area contributed by atoms with Gasteiger partial charge in [0, 0.05) is 25.7 Å². The Kier molecular flexibility index (Phi) is 5.78. The largest absolute Gasteiger partial charge is 0.354 e. The third kappa shape index (κ3) is 3.56. The molecule has 2 unspecified atom stereocenters. The lowest BCUT2D eigenvalue weighted by atomic mass is 9.82. The molecule has 1 heterocycles. The molecule has 0 aromatic rings. The van der Waals surface area contributed by atoms with Crippen molar-refractivity contribution in [2.75, 3.05) is 19.6 Å². The first-order valence-corrected chi connectivity index (χ1v) is 7.92. The highest BCUT2D eigenvalue weighted by atomic mass is 127. The highest BCUT2D eigenvalue weighted by Crippen LogP contribution is 2.36. The quantitative estimate of drug-likeness (QED) is 0.455. The molecule has 0 aromatic heterocycles. The average Bonchev–Trinajstić information content (AvgIpc) is 2.75. The lowest BCUT2D eigenvalue weighted by molar-refractivity contribution is 0.299. The Morgan fingerprint density at radius 3 is 2.16 bits per heavy atom. The lowest BCUT2D eigenvalue weighted by Crippen LogP contribution is -2.47. The second kappa shape index (κ2) is 7.14. The van der Waals surface area contributed by atoms with Gasteiger partial charge in [0.1, 0.15) is 0 Å². The van der Waals surface area contributed by atoms with Gasteiger partial charge < -0.3 is 10.2 Å². The van der Waals surface area contributed by atoms with E-state index in [0.29, 0.717) is 6.04 Å². The normalized spacial score (nSPS) is 31.4. The summed E-state index contributed by atoms with van der Waals surface area (Å²) in [5, 5.41) is 3.68. The number of hydrogen-bond donors (Lipinski definition) is 1. The second-order valence-corrected chi connectivity index (χ2v) is 6.28. The minimum atomic E-state index is 0. The Bertz CT molecular complexity index is 301. The van der Waals surface area contributed by atoms with Crippen LogP contribution in [-0.2, 0) is 0 Å². The minimum Gasteiger partial charge on any atom is -0.354 e. The standard InChI is InChI=1S/C15H27N3.HI/c1-2-16-15(17-14-8-5-9-14)18-10-12-6-3-4-7-13(12)11-18;/h12-14H,2-11H2,1H3,(H,16,17);1H. The van der Waals surface area contributed by atoms with Gasteiger partial charge in [-0.2, -0.15) is 0 Å². The topological polar surface area (TPSA) is 27.6 Å². The maximum Gasteiger partial charge on any atom is 0.194 e. The van der Waals surface area contributed by atoms with E-state index in [0.717, 1.165) is 18.4 Å². The summed E-state index contributed by atoms with van der Waals surface area (Å²) in [5.74, 6) is 3.10. The van der Waals surface area contributed by atoms with E-state index in [4.69, 9.17) is 4.99 Å². The SMILES string of the molecule is CCN=C(NC1CCC1)N1CC2CCCCC2C1.I. The van der Waals surface area contributed by atoms with Crippen molar-refractivity contribution in [1.82, 2.24) is 10.2 Å². The third-order valence-corrected chi connectivity index (χ3v) is 5.02. The number of halogens is 1. The first-order chi connectivity index (χ1) is 8.86. The minimum absolute atomic E-state index is 0. The summed E-state index contributed by atoms with van der Waals surface area (Å²) in [6.45, 7) is 5.55. The van der Waals surface area contributed by atoms with Crippen molar-refractivity contribution >= 4 is 29.9 Å². The molecule has 3 aliphatic rings. The predicted octanol–water partition coefficient (Wildman–Crippen LogP) is 3.24. The molecule has 0 aromatic carbocycles. The van der Waals surface area contributed by atoms with Gasteiger partial charge in [0.25, 0.3) is 0 Å². The monoisotopic (exact) mass is 377 g/mol. The zero-order chi connectivity index (χ0) is 12.4. The van der Waals surface area contributed by atoms with Gasteiger partial charge >= 0.3 is 0 Å². The number of rotatable bonds is 2. The van der Waals surface area contributed by atoms with Gasteiger partial charge in [-0.25, -0.2) is 0 Å². The smallest absolute Gasteiger partial charge is 0.194 e. The van der Waals surface area contributed by atoms with Crippen LogP contribution in [0.3, 0.4) is 0 Å². The maximum absolute atomic E-state index is 4.72. The fraction of sp³-hybridized carbons (Fsp3) is 0.933. The Morgan fingerprint density at radius 2 is 1.68 bits per heavy atom. The van der Waals surface area contributed by atoms with E-state index >= 15 is 0 Å². The van der Waals surface area contributed by atoms with Gasteiger partial charge in [-0.1, -0.05) is 12.8 Å². The van der Waals surface area contributed by atoms with Crippen LogP contribution in [0, 0.1) is 11.8 Å². The van der Waals surface area contributed by atoms with Crippen molar-refractivity contribution in [3.8, 4) is 0 Å². The molecule has 110 valence electrons. The molecule has 0 bridgehead atoms. The molecule has 2 atom stereocenters. The average molecular weight is 377 g/mol. The van der Waals surface area contributed by atoms with E-state index in [-0.39, 0.29) is 24.0 Å². The first-order valence-electron chi connectivity index (χ1n) is 7.92. The molecular formula is C15H28IN3. The van der Waals surface area contributed by atoms with Gasteiger partial charge in [-0.3, -0.25) is 4.99 Å². The van der Waals surface area contributed by atoms with E-state index in [2.05, 4.69) is 17.1 Å². The second-order valence-electron chi connectivity index (χ2n) is 6.28. The van der Waals surface area contributed by atoms with E-state index < -0.39 is 0 Å². The molecule has 19 heavy (non-hydrogen) atoms. The van der Waals surface area contributed by atoms with Crippen molar-refractivity contribution in [2.24, 2.45) is 16.8 Å². The number of aliphatic imine (C=N–C) groups is 1. The molecule has 3 fully saturated rings. The summed E-state index contributed by atoms with van der Waals surface area (Å²) in [7, 11) is 0. The molecule has 0 spiro atoms. The number of nitrogens with zero attached hydrogens (tertiary/aromatic N) is 2. The van der Waals surface area contributed by atoms with E-state index in [1.807, 2.05) is 0 Å². The summed E-state index contributed by atoms with van der Waals surface area (Å²) in [6.07, 6.45) is 9.86. The fourth-order valence-corrected chi connectivity index (χ4v) is 3.70. The number of fused-ring (bicyclic) bond motifs is 1. The van der Waals surface area contributed by atoms with Gasteiger partial charge in [0.05, 0.1) is 0 Å². The fourth-order valence-electron chi connectivity index (χ4n) is 3.70. The Labute approximate surface area is 134 Å². The van der Waals surface area contributed by atoms with Crippen LogP contribution in [0.1, 0.15) is 51.9 Å². The van der Waals surface area contributed by atoms with Gasteiger partial charge in [0.15, 0.2) is 5.96 Å². The Morgan fingerprint density at radius 1 is 1.05 bits per heavy atom. The van der Waals surface area contributed by atoms with Crippen LogP contribution in [0.15, 0.2) is 4.99 Å². The molecule has 0 radical (unpaired) electrons. The highest BCUT2D eigenvalue weighted by Gasteiger charge is 2.36. The Balaban J connectivity index is 0.00000133. The van der Waals surface area contributed by atoms with Crippen LogP contribution in [0.25, 0.3) is 0 Å². The summed E-state index contributed by atoms with van der Waals surface area (Å²) in [5.41, 5.74) is 0. The molecule has 2 aliphatic carbocycles. The summed E-state index contributed by atoms with van der Waals surface area (Å²) in [4.78, 5) is 7.26. The number of nitrogens with one attached hydrogen (secondary N) is 1. The van der Waals surface area contributed by atoms with Crippen LogP contribution in [0.5, 0.6) is 0 Å². The molecular weight excluding hydrogens is 349 g/mol. The maximum atomic E-state index is 4.72. The molecule has 1 aliphatic heterocycles. The van der Waals surface area contributed by atoms with E-state index in [1.54, 1.807) is 0 Å². The zero-order valence-electron chi connectivity index (χ0n) is 12.1. The van der Waals surface area contributed by atoms with Crippen molar-refractivity contribution in [1.29, 1.82) is 0 Å². The van der Waals surface area contributed by atoms with E-state index in [9.17, 15) is 0 Å². The van der Waals surface area contributed by atoms with Crippen molar-refractivity contribution in [2.45, 2.75) is 57.9 Å². The van der Waals surface area contributed by atoms with Crippen LogP contribution in [-0.4, -0.2) is 36.5 Å². The van der Waals surface area contributed by atoms with Crippen LogP contribution in [0.4, 0.5) is 0 Å². The van der Waals surface area contributed by atoms with Crippen LogP contribution >= 0.6 is 24.0 Å². The molecule has 2 saturated carbocycles. The highest BCUT2D eigenvalue weighted by molar-refractivity contribution is 14.0. The molecule has 3 nitrogen and oxygen atoms in total. The van der Waals surface area contributed by atoms with Crippen molar-refractivity contribution < 1.29 is 0 Å². The van der Waals surface area contributed by atoms with E-state index in [1.165, 1.54) is 64.0 Å². The number of likely N-dealkylation sites (tertiary alicyclic amines) is 1. The summed E-state index contributed by atoms with van der Waals surface area (Å²) >= 11 is 0. The van der Waals surface area contributed by atoms with Crippen molar-refractivity contribution in [3.05, 3.63) is 0 Å². The van der Waals surface area contributed by atoms with Gasteiger partial charge in [0.2, 0.25) is 0 Å². The van der Waals surface area contributed by atoms with Crippen LogP contribution < -0.4 is 5.32 Å². The number of hydrogen-bond acceptors (Lipinski definition) is 1. The van der Waals surface area contributed by atoms with Crippen molar-refractivity contribution in [3.63, 3.8) is 0 Å². The first kappa shape index (κ1) is 15.4. The summed E-state index contributed by atoms with van der Waals surface area (Å²) in [6, 6.07) is 0.706. The van der Waals surface area contributed by atoms with Gasteiger partial charge in [-0.05, 0) is 50.9 Å². The van der Waals surface area contributed by atoms with Gasteiger partial charge in [-0.15, -0.1) is 24.0 Å². The number of guanidine groups is 1. The molecule has 1 saturated heterocycles.